The van der Waals surface area contributed by atoms with Gasteiger partial charge in [0.25, 0.3) is 5.91 Å². The third-order valence-electron chi connectivity index (χ3n) is 4.35. The largest absolute Gasteiger partial charge is 0.489 e. The number of aryl methyl sites for hydroxylation is 1. The standard InChI is InChI=1S/C23H26N4O2/c1-19(2)17-29-22-8-3-7-21(14-22)23(28)27(16-20-6-4-9-24-15-20)12-5-11-26-13-10-25-18-26/h3-4,6-10,13-15,18H,1,5,11-12,16-17H2,2H3. The number of hydrogen-bond acceptors (Lipinski definition) is 4. The molecule has 6 nitrogen and oxygen atoms in total. The second-order valence-corrected chi connectivity index (χ2v) is 7.02. The third-order valence-corrected chi connectivity index (χ3v) is 4.35. The Kier molecular flexibility index (Phi) is 7.16. The highest BCUT2D eigenvalue weighted by molar-refractivity contribution is 5.94. The summed E-state index contributed by atoms with van der Waals surface area (Å²) in [4.78, 5) is 23.3. The van der Waals surface area contributed by atoms with Crippen LogP contribution >= 0.6 is 0 Å². The fourth-order valence-corrected chi connectivity index (χ4v) is 2.94. The predicted octanol–water partition coefficient (Wildman–Crippen LogP) is 3.97. The number of benzene rings is 1. The van der Waals surface area contributed by atoms with Crippen molar-refractivity contribution >= 4 is 5.91 Å². The van der Waals surface area contributed by atoms with E-state index >= 15 is 0 Å². The summed E-state index contributed by atoms with van der Waals surface area (Å²) >= 11 is 0. The van der Waals surface area contributed by atoms with Crippen molar-refractivity contribution < 1.29 is 9.53 Å². The van der Waals surface area contributed by atoms with Crippen LogP contribution in [0, 0.1) is 0 Å². The van der Waals surface area contributed by atoms with Crippen molar-refractivity contribution in [2.24, 2.45) is 0 Å². The molecule has 29 heavy (non-hydrogen) atoms. The van der Waals surface area contributed by atoms with E-state index in [0.29, 0.717) is 31.0 Å². The van der Waals surface area contributed by atoms with Crippen molar-refractivity contribution in [1.29, 1.82) is 0 Å². The second kappa shape index (κ2) is 10.2. The fourth-order valence-electron chi connectivity index (χ4n) is 2.94. The normalized spacial score (nSPS) is 10.5. The number of imidazole rings is 1. The molecule has 6 heteroatoms. The van der Waals surface area contributed by atoms with Crippen molar-refractivity contribution in [2.75, 3.05) is 13.2 Å². The van der Waals surface area contributed by atoms with Crippen LogP contribution in [0.1, 0.15) is 29.3 Å². The first-order valence-corrected chi connectivity index (χ1v) is 9.63. The van der Waals surface area contributed by atoms with E-state index in [-0.39, 0.29) is 5.91 Å². The molecule has 0 aliphatic heterocycles. The van der Waals surface area contributed by atoms with Crippen LogP contribution in [0.4, 0.5) is 0 Å². The van der Waals surface area contributed by atoms with Gasteiger partial charge in [-0.1, -0.05) is 18.7 Å². The lowest BCUT2D eigenvalue weighted by Gasteiger charge is -2.23. The summed E-state index contributed by atoms with van der Waals surface area (Å²) in [6, 6.07) is 11.2. The molecule has 1 aromatic carbocycles. The van der Waals surface area contributed by atoms with Gasteiger partial charge in [0.05, 0.1) is 6.33 Å². The molecule has 0 unspecified atom stereocenters. The minimum Gasteiger partial charge on any atom is -0.489 e. The Balaban J connectivity index is 1.72. The van der Waals surface area contributed by atoms with Gasteiger partial charge in [0.15, 0.2) is 0 Å². The van der Waals surface area contributed by atoms with Gasteiger partial charge in [-0.25, -0.2) is 4.98 Å². The van der Waals surface area contributed by atoms with Gasteiger partial charge >= 0.3 is 0 Å². The van der Waals surface area contributed by atoms with Gasteiger partial charge in [-0.05, 0) is 48.7 Å². The number of aromatic nitrogens is 3. The lowest BCUT2D eigenvalue weighted by molar-refractivity contribution is 0.0738. The molecule has 0 saturated heterocycles. The maximum atomic E-state index is 13.2. The van der Waals surface area contributed by atoms with Crippen LogP contribution in [-0.2, 0) is 13.1 Å². The molecule has 150 valence electrons. The van der Waals surface area contributed by atoms with Gasteiger partial charge in [0, 0.05) is 50.0 Å². The summed E-state index contributed by atoms with van der Waals surface area (Å²) in [6.45, 7) is 8.12. The number of ether oxygens (including phenoxy) is 1. The summed E-state index contributed by atoms with van der Waals surface area (Å²) < 4.78 is 7.71. The van der Waals surface area contributed by atoms with Crippen LogP contribution < -0.4 is 4.74 Å². The summed E-state index contributed by atoms with van der Waals surface area (Å²) in [5.41, 5.74) is 2.54. The Hall–Kier alpha value is -3.41. The van der Waals surface area contributed by atoms with Crippen molar-refractivity contribution in [3.05, 3.63) is 90.8 Å². The van der Waals surface area contributed by atoms with Gasteiger partial charge in [-0.2, -0.15) is 0 Å². The lowest BCUT2D eigenvalue weighted by atomic mass is 10.1. The van der Waals surface area contributed by atoms with Crippen LogP contribution in [0.2, 0.25) is 0 Å². The Morgan fingerprint density at radius 1 is 1.21 bits per heavy atom. The topological polar surface area (TPSA) is 60.2 Å². The fraction of sp³-hybridized carbons (Fsp3) is 0.261. The average Bonchev–Trinajstić information content (AvgIpc) is 3.25. The average molecular weight is 390 g/mol. The summed E-state index contributed by atoms with van der Waals surface area (Å²) in [5.74, 6) is 0.638. The van der Waals surface area contributed by atoms with E-state index in [1.54, 1.807) is 31.0 Å². The first-order chi connectivity index (χ1) is 14.1. The van der Waals surface area contributed by atoms with E-state index in [1.165, 1.54) is 0 Å². The summed E-state index contributed by atoms with van der Waals surface area (Å²) in [6.07, 6.45) is 9.83. The number of hydrogen-bond donors (Lipinski definition) is 0. The Labute approximate surface area is 171 Å². The van der Waals surface area contributed by atoms with E-state index in [1.807, 2.05) is 52.9 Å². The highest BCUT2D eigenvalue weighted by atomic mass is 16.5. The van der Waals surface area contributed by atoms with Crippen LogP contribution in [0.25, 0.3) is 0 Å². The number of pyridine rings is 1. The molecule has 2 aromatic heterocycles. The molecule has 0 bridgehead atoms. The molecular weight excluding hydrogens is 364 g/mol. The monoisotopic (exact) mass is 390 g/mol. The summed E-state index contributed by atoms with van der Waals surface area (Å²) in [5, 5.41) is 0. The van der Waals surface area contributed by atoms with Gasteiger partial charge in [0.1, 0.15) is 12.4 Å². The first kappa shape index (κ1) is 20.3. The molecule has 1 amide bonds. The van der Waals surface area contributed by atoms with Gasteiger partial charge in [0.2, 0.25) is 0 Å². The minimum absolute atomic E-state index is 0.0275. The smallest absolute Gasteiger partial charge is 0.254 e. The van der Waals surface area contributed by atoms with E-state index in [9.17, 15) is 4.79 Å². The first-order valence-electron chi connectivity index (χ1n) is 9.63. The Bertz CT molecular complexity index is 923. The van der Waals surface area contributed by atoms with Crippen molar-refractivity contribution in [2.45, 2.75) is 26.4 Å². The zero-order valence-electron chi connectivity index (χ0n) is 16.7. The molecule has 3 rings (SSSR count). The molecule has 0 aliphatic carbocycles. The molecule has 0 saturated carbocycles. The van der Waals surface area contributed by atoms with Crippen LogP contribution in [0.15, 0.2) is 79.7 Å². The SMILES string of the molecule is C=C(C)COc1cccc(C(=O)N(CCCn2ccnc2)Cc2cccnc2)c1. The van der Waals surface area contributed by atoms with E-state index in [0.717, 1.165) is 24.1 Å². The van der Waals surface area contributed by atoms with Crippen molar-refractivity contribution in [1.82, 2.24) is 19.4 Å². The van der Waals surface area contributed by atoms with Crippen LogP contribution in [0.3, 0.4) is 0 Å². The van der Waals surface area contributed by atoms with Crippen LogP contribution in [0.5, 0.6) is 5.75 Å². The molecular formula is C23H26N4O2. The number of nitrogens with zero attached hydrogens (tertiary/aromatic N) is 4. The zero-order valence-corrected chi connectivity index (χ0v) is 16.7. The molecule has 0 radical (unpaired) electrons. The van der Waals surface area contributed by atoms with E-state index < -0.39 is 0 Å². The highest BCUT2D eigenvalue weighted by Crippen LogP contribution is 2.17. The zero-order chi connectivity index (χ0) is 20.5. The van der Waals surface area contributed by atoms with E-state index in [2.05, 4.69) is 16.5 Å². The van der Waals surface area contributed by atoms with Crippen molar-refractivity contribution in [3.8, 4) is 5.75 Å². The molecule has 3 aromatic rings. The minimum atomic E-state index is -0.0275. The number of carbonyl (C=O) groups excluding carboxylic acids is 1. The maximum Gasteiger partial charge on any atom is 0.254 e. The molecule has 0 aliphatic rings. The van der Waals surface area contributed by atoms with Gasteiger partial charge < -0.3 is 14.2 Å². The Morgan fingerprint density at radius 3 is 2.83 bits per heavy atom. The third kappa shape index (κ3) is 6.31. The summed E-state index contributed by atoms with van der Waals surface area (Å²) in [7, 11) is 0. The van der Waals surface area contributed by atoms with E-state index in [4.69, 9.17) is 4.74 Å². The highest BCUT2D eigenvalue weighted by Gasteiger charge is 2.17. The quantitative estimate of drug-likeness (QED) is 0.492. The van der Waals surface area contributed by atoms with Gasteiger partial charge in [-0.15, -0.1) is 0 Å². The number of rotatable bonds is 10. The molecule has 0 fully saturated rings. The molecule has 2 heterocycles. The van der Waals surface area contributed by atoms with Crippen molar-refractivity contribution in [3.63, 3.8) is 0 Å². The second-order valence-electron chi connectivity index (χ2n) is 7.02. The molecule has 0 N–H and O–H groups in total. The molecule has 0 spiro atoms. The van der Waals surface area contributed by atoms with Gasteiger partial charge in [-0.3, -0.25) is 9.78 Å². The lowest BCUT2D eigenvalue weighted by Crippen LogP contribution is -2.32. The number of amides is 1. The predicted molar refractivity (Wildman–Crippen MR) is 113 cm³/mol. The van der Waals surface area contributed by atoms with Crippen LogP contribution in [-0.4, -0.2) is 38.5 Å². The maximum absolute atomic E-state index is 13.2. The number of carbonyl (C=O) groups is 1. The molecule has 0 atom stereocenters. The Morgan fingerprint density at radius 2 is 2.10 bits per heavy atom.